The summed E-state index contributed by atoms with van der Waals surface area (Å²) in [6, 6.07) is 3.13. The second kappa shape index (κ2) is 4.96. The van der Waals surface area contributed by atoms with Crippen LogP contribution in [0.15, 0.2) is 12.1 Å². The molecule has 1 aromatic carbocycles. The lowest BCUT2D eigenvalue weighted by atomic mass is 10.0. The highest BCUT2D eigenvalue weighted by atomic mass is 19.1. The van der Waals surface area contributed by atoms with Crippen LogP contribution >= 0.6 is 0 Å². The Labute approximate surface area is 83.3 Å². The van der Waals surface area contributed by atoms with Gasteiger partial charge in [0.1, 0.15) is 11.6 Å². The number of aryl methyl sites for hydroxylation is 1. The average molecular weight is 198 g/mol. The number of benzene rings is 1. The van der Waals surface area contributed by atoms with E-state index < -0.39 is 0 Å². The Morgan fingerprint density at radius 3 is 2.71 bits per heavy atom. The monoisotopic (exact) mass is 198 g/mol. The normalized spacial score (nSPS) is 10.3. The van der Waals surface area contributed by atoms with Gasteiger partial charge in [-0.25, -0.2) is 4.39 Å². The first-order valence-corrected chi connectivity index (χ1v) is 4.63. The number of halogens is 1. The van der Waals surface area contributed by atoms with Crippen molar-refractivity contribution < 1.29 is 14.2 Å². The molecule has 78 valence electrons. The Hall–Kier alpha value is -1.09. The van der Waals surface area contributed by atoms with Gasteiger partial charge < -0.3 is 9.84 Å². The minimum absolute atomic E-state index is 0.0660. The van der Waals surface area contributed by atoms with Gasteiger partial charge in [0.2, 0.25) is 0 Å². The summed E-state index contributed by atoms with van der Waals surface area (Å²) in [4.78, 5) is 0. The van der Waals surface area contributed by atoms with Gasteiger partial charge in [0.05, 0.1) is 7.11 Å². The summed E-state index contributed by atoms with van der Waals surface area (Å²) in [6.45, 7) is 1.94. The van der Waals surface area contributed by atoms with E-state index in [1.54, 1.807) is 6.07 Å². The van der Waals surface area contributed by atoms with E-state index in [1.165, 1.54) is 13.2 Å². The van der Waals surface area contributed by atoms with E-state index in [0.717, 1.165) is 5.56 Å². The van der Waals surface area contributed by atoms with Crippen molar-refractivity contribution in [3.05, 3.63) is 29.1 Å². The summed E-state index contributed by atoms with van der Waals surface area (Å²) >= 11 is 0. The molecule has 0 aliphatic heterocycles. The standard InChI is InChI=1S/C11H15FO2/c1-8-5-6-10(12)9(4-3-7-13)11(8)14-2/h5-6,13H,3-4,7H2,1-2H3. The number of ether oxygens (including phenoxy) is 1. The van der Waals surface area contributed by atoms with Gasteiger partial charge in [-0.1, -0.05) is 6.07 Å². The minimum atomic E-state index is -0.263. The van der Waals surface area contributed by atoms with E-state index >= 15 is 0 Å². The van der Waals surface area contributed by atoms with Gasteiger partial charge in [0.25, 0.3) is 0 Å². The Morgan fingerprint density at radius 1 is 1.43 bits per heavy atom. The molecular weight excluding hydrogens is 183 g/mol. The molecule has 0 fully saturated rings. The lowest BCUT2D eigenvalue weighted by Gasteiger charge is -2.11. The number of aliphatic hydroxyl groups is 1. The molecule has 1 aromatic rings. The van der Waals surface area contributed by atoms with Crippen LogP contribution in [0.2, 0.25) is 0 Å². The molecule has 0 radical (unpaired) electrons. The molecule has 3 heteroatoms. The zero-order chi connectivity index (χ0) is 10.6. The first-order valence-electron chi connectivity index (χ1n) is 4.63. The predicted molar refractivity (Wildman–Crippen MR) is 53.1 cm³/mol. The number of rotatable bonds is 4. The molecule has 0 spiro atoms. The summed E-state index contributed by atoms with van der Waals surface area (Å²) in [5.74, 6) is 0.333. The molecule has 0 aliphatic carbocycles. The third kappa shape index (κ3) is 2.23. The molecule has 1 N–H and O–H groups in total. The van der Waals surface area contributed by atoms with Crippen molar-refractivity contribution in [1.82, 2.24) is 0 Å². The van der Waals surface area contributed by atoms with Crippen LogP contribution in [0.1, 0.15) is 17.5 Å². The van der Waals surface area contributed by atoms with E-state index in [2.05, 4.69) is 0 Å². The lowest BCUT2D eigenvalue weighted by Crippen LogP contribution is -2.00. The molecule has 2 nitrogen and oxygen atoms in total. The second-order valence-electron chi connectivity index (χ2n) is 3.20. The van der Waals surface area contributed by atoms with Crippen molar-refractivity contribution in [3.63, 3.8) is 0 Å². The van der Waals surface area contributed by atoms with Crippen LogP contribution in [0.25, 0.3) is 0 Å². The molecule has 0 saturated heterocycles. The van der Waals surface area contributed by atoms with Gasteiger partial charge in [-0.2, -0.15) is 0 Å². The highest BCUT2D eigenvalue weighted by Gasteiger charge is 2.11. The fourth-order valence-corrected chi connectivity index (χ4v) is 1.49. The number of methoxy groups -OCH3 is 1. The maximum atomic E-state index is 13.4. The molecule has 0 saturated carbocycles. The van der Waals surface area contributed by atoms with Crippen LogP contribution in [0.3, 0.4) is 0 Å². The highest BCUT2D eigenvalue weighted by molar-refractivity contribution is 5.41. The molecule has 0 aliphatic rings. The summed E-state index contributed by atoms with van der Waals surface area (Å²) in [5.41, 5.74) is 1.48. The third-order valence-corrected chi connectivity index (χ3v) is 2.19. The predicted octanol–water partition coefficient (Wildman–Crippen LogP) is 2.07. The molecule has 0 atom stereocenters. The van der Waals surface area contributed by atoms with Gasteiger partial charge in [-0.3, -0.25) is 0 Å². The SMILES string of the molecule is COc1c(C)ccc(F)c1CCCO. The summed E-state index contributed by atoms with van der Waals surface area (Å²) < 4.78 is 18.5. The van der Waals surface area contributed by atoms with Crippen LogP contribution in [0.4, 0.5) is 4.39 Å². The van der Waals surface area contributed by atoms with E-state index in [1.807, 2.05) is 6.92 Å². The van der Waals surface area contributed by atoms with Crippen molar-refractivity contribution in [1.29, 1.82) is 0 Å². The van der Waals surface area contributed by atoms with Gasteiger partial charge in [-0.15, -0.1) is 0 Å². The average Bonchev–Trinajstić information content (AvgIpc) is 2.19. The fraction of sp³-hybridized carbons (Fsp3) is 0.455. The molecule has 0 unspecified atom stereocenters. The van der Waals surface area contributed by atoms with E-state index in [-0.39, 0.29) is 12.4 Å². The van der Waals surface area contributed by atoms with E-state index in [4.69, 9.17) is 9.84 Å². The van der Waals surface area contributed by atoms with Crippen LogP contribution in [0.5, 0.6) is 5.75 Å². The topological polar surface area (TPSA) is 29.5 Å². The molecular formula is C11H15FO2. The fourth-order valence-electron chi connectivity index (χ4n) is 1.49. The van der Waals surface area contributed by atoms with Crippen molar-refractivity contribution in [2.75, 3.05) is 13.7 Å². The third-order valence-electron chi connectivity index (χ3n) is 2.19. The van der Waals surface area contributed by atoms with Crippen molar-refractivity contribution in [3.8, 4) is 5.75 Å². The van der Waals surface area contributed by atoms with E-state index in [0.29, 0.717) is 24.2 Å². The Morgan fingerprint density at radius 2 is 2.14 bits per heavy atom. The van der Waals surface area contributed by atoms with Gasteiger partial charge in [-0.05, 0) is 31.4 Å². The zero-order valence-electron chi connectivity index (χ0n) is 8.51. The Balaban J connectivity index is 3.03. The molecule has 0 heterocycles. The van der Waals surface area contributed by atoms with Crippen molar-refractivity contribution in [2.45, 2.75) is 19.8 Å². The molecule has 0 bridgehead atoms. The first kappa shape index (κ1) is 11.0. The first-order chi connectivity index (χ1) is 6.70. The smallest absolute Gasteiger partial charge is 0.130 e. The molecule has 14 heavy (non-hydrogen) atoms. The maximum absolute atomic E-state index is 13.4. The largest absolute Gasteiger partial charge is 0.496 e. The zero-order valence-corrected chi connectivity index (χ0v) is 8.51. The number of hydrogen-bond donors (Lipinski definition) is 1. The summed E-state index contributed by atoms with van der Waals surface area (Å²) in [7, 11) is 1.53. The van der Waals surface area contributed by atoms with Crippen molar-refractivity contribution in [2.24, 2.45) is 0 Å². The van der Waals surface area contributed by atoms with Crippen LogP contribution in [-0.2, 0) is 6.42 Å². The molecule has 0 amide bonds. The maximum Gasteiger partial charge on any atom is 0.130 e. The van der Waals surface area contributed by atoms with Gasteiger partial charge in [0.15, 0.2) is 0 Å². The summed E-state index contributed by atoms with van der Waals surface area (Å²) in [6.07, 6.45) is 1.06. The van der Waals surface area contributed by atoms with Crippen LogP contribution < -0.4 is 4.74 Å². The number of aliphatic hydroxyl groups excluding tert-OH is 1. The van der Waals surface area contributed by atoms with Crippen molar-refractivity contribution >= 4 is 0 Å². The Bertz CT molecular complexity index is 310. The molecule has 0 aromatic heterocycles. The van der Waals surface area contributed by atoms with Gasteiger partial charge >= 0.3 is 0 Å². The lowest BCUT2D eigenvalue weighted by molar-refractivity contribution is 0.287. The molecule has 1 rings (SSSR count). The Kier molecular flexibility index (Phi) is 3.89. The number of hydrogen-bond acceptors (Lipinski definition) is 2. The van der Waals surface area contributed by atoms with E-state index in [9.17, 15) is 4.39 Å². The van der Waals surface area contributed by atoms with Gasteiger partial charge in [0, 0.05) is 12.2 Å². The van der Waals surface area contributed by atoms with Crippen LogP contribution in [-0.4, -0.2) is 18.8 Å². The minimum Gasteiger partial charge on any atom is -0.496 e. The van der Waals surface area contributed by atoms with Crippen LogP contribution in [0, 0.1) is 12.7 Å². The quantitative estimate of drug-likeness (QED) is 0.802. The summed E-state index contributed by atoms with van der Waals surface area (Å²) in [5, 5.41) is 8.69. The second-order valence-corrected chi connectivity index (χ2v) is 3.20. The highest BCUT2D eigenvalue weighted by Crippen LogP contribution is 2.26.